The molecule has 0 aliphatic carbocycles. The van der Waals surface area contributed by atoms with Crippen molar-refractivity contribution in [1.29, 1.82) is 0 Å². The monoisotopic (exact) mass is 450 g/mol. The zero-order valence-corrected chi connectivity index (χ0v) is 19.0. The molecule has 5 heteroatoms. The molecule has 34 heavy (non-hydrogen) atoms. The first-order chi connectivity index (χ1) is 16.4. The average Bonchev–Trinajstić information content (AvgIpc) is 2.80. The molecule has 5 nitrogen and oxygen atoms in total. The molecule has 5 aromatic rings. The van der Waals surface area contributed by atoms with Crippen LogP contribution in [-0.2, 0) is 0 Å². The summed E-state index contributed by atoms with van der Waals surface area (Å²) >= 11 is 0. The molecule has 4 aromatic carbocycles. The number of esters is 1. The average molecular weight is 450 g/mol. The minimum absolute atomic E-state index is 0.0819. The minimum Gasteiger partial charge on any atom is -0.460 e. The van der Waals surface area contributed by atoms with Crippen LogP contribution in [0.4, 0.5) is 0 Å². The van der Waals surface area contributed by atoms with Crippen LogP contribution in [0.5, 0.6) is 17.2 Å². The highest BCUT2D eigenvalue weighted by Crippen LogP contribution is 2.27. The fraction of sp³-hybridized carbons (Fsp3) is 0.103. The standard InChI is InChI=1S/C29H22O5/c1-17-12-18(2)27(19(3)13-17)29(31)34-23-10-11-24-25(15-23)32-16-26(28(24)30)33-22-9-8-20-6-4-5-7-21(20)14-22/h4-16H,1-3H3. The predicted octanol–water partition coefficient (Wildman–Crippen LogP) is 6.88. The summed E-state index contributed by atoms with van der Waals surface area (Å²) in [6.07, 6.45) is 1.28. The number of hydrogen-bond donors (Lipinski definition) is 0. The van der Waals surface area contributed by atoms with Gasteiger partial charge in [0.1, 0.15) is 23.3 Å². The number of ether oxygens (including phenoxy) is 2. The molecule has 0 N–H and O–H groups in total. The van der Waals surface area contributed by atoms with Crippen LogP contribution in [-0.4, -0.2) is 5.97 Å². The van der Waals surface area contributed by atoms with Crippen LogP contribution in [0.15, 0.2) is 88.3 Å². The smallest absolute Gasteiger partial charge is 0.344 e. The molecule has 0 aliphatic rings. The van der Waals surface area contributed by atoms with E-state index in [0.717, 1.165) is 27.5 Å². The highest BCUT2D eigenvalue weighted by Gasteiger charge is 2.17. The summed E-state index contributed by atoms with van der Waals surface area (Å²) < 4.78 is 17.1. The summed E-state index contributed by atoms with van der Waals surface area (Å²) in [6, 6.07) is 22.1. The van der Waals surface area contributed by atoms with Crippen molar-refractivity contribution in [3.8, 4) is 17.2 Å². The van der Waals surface area contributed by atoms with E-state index in [2.05, 4.69) is 0 Å². The first-order valence-electron chi connectivity index (χ1n) is 10.9. The van der Waals surface area contributed by atoms with E-state index in [1.807, 2.05) is 75.4 Å². The zero-order valence-electron chi connectivity index (χ0n) is 19.0. The second-order valence-corrected chi connectivity index (χ2v) is 8.36. The molecule has 168 valence electrons. The van der Waals surface area contributed by atoms with Crippen molar-refractivity contribution in [2.45, 2.75) is 20.8 Å². The van der Waals surface area contributed by atoms with E-state index < -0.39 is 5.97 Å². The number of rotatable bonds is 4. The number of carbonyl (C=O) groups excluding carboxylic acids is 1. The Morgan fingerprint density at radius 2 is 1.50 bits per heavy atom. The Labute approximate surface area is 196 Å². The molecule has 0 radical (unpaired) electrons. The van der Waals surface area contributed by atoms with E-state index in [4.69, 9.17) is 13.9 Å². The van der Waals surface area contributed by atoms with E-state index in [-0.39, 0.29) is 11.2 Å². The van der Waals surface area contributed by atoms with E-state index in [0.29, 0.717) is 28.0 Å². The molecule has 1 aromatic heterocycles. The molecule has 1 heterocycles. The van der Waals surface area contributed by atoms with Crippen LogP contribution in [0, 0.1) is 20.8 Å². The van der Waals surface area contributed by atoms with Crippen LogP contribution in [0.3, 0.4) is 0 Å². The third kappa shape index (κ3) is 4.04. The van der Waals surface area contributed by atoms with Gasteiger partial charge in [-0.3, -0.25) is 4.79 Å². The highest BCUT2D eigenvalue weighted by molar-refractivity contribution is 5.94. The maximum atomic E-state index is 13.0. The number of carbonyl (C=O) groups is 1. The van der Waals surface area contributed by atoms with Crippen LogP contribution < -0.4 is 14.9 Å². The highest BCUT2D eigenvalue weighted by atomic mass is 16.5. The van der Waals surface area contributed by atoms with Crippen molar-refractivity contribution in [1.82, 2.24) is 0 Å². The second kappa shape index (κ2) is 8.52. The lowest BCUT2D eigenvalue weighted by atomic mass is 10.00. The lowest BCUT2D eigenvalue weighted by Gasteiger charge is -2.11. The van der Waals surface area contributed by atoms with Crippen molar-refractivity contribution in [2.75, 3.05) is 0 Å². The number of fused-ring (bicyclic) bond motifs is 2. The third-order valence-electron chi connectivity index (χ3n) is 5.75. The molecule has 0 amide bonds. The molecule has 0 unspecified atom stereocenters. The van der Waals surface area contributed by atoms with Gasteiger partial charge in [-0.15, -0.1) is 0 Å². The van der Waals surface area contributed by atoms with Crippen LogP contribution in [0.25, 0.3) is 21.7 Å². The molecule has 0 fully saturated rings. The van der Waals surface area contributed by atoms with Gasteiger partial charge in [-0.1, -0.05) is 48.0 Å². The van der Waals surface area contributed by atoms with Gasteiger partial charge < -0.3 is 13.9 Å². The summed E-state index contributed by atoms with van der Waals surface area (Å²) in [7, 11) is 0. The normalized spacial score (nSPS) is 11.0. The summed E-state index contributed by atoms with van der Waals surface area (Å²) in [4.78, 5) is 25.8. The van der Waals surface area contributed by atoms with Crippen molar-refractivity contribution < 1.29 is 18.7 Å². The molecule has 0 aliphatic heterocycles. The Balaban J connectivity index is 1.42. The van der Waals surface area contributed by atoms with E-state index in [1.54, 1.807) is 12.1 Å². The molecule has 0 saturated heterocycles. The third-order valence-corrected chi connectivity index (χ3v) is 5.75. The number of benzene rings is 4. The van der Waals surface area contributed by atoms with Gasteiger partial charge in [-0.05, 0) is 66.9 Å². The van der Waals surface area contributed by atoms with Crippen molar-refractivity contribution >= 4 is 27.7 Å². The van der Waals surface area contributed by atoms with E-state index >= 15 is 0 Å². The quantitative estimate of drug-likeness (QED) is 0.220. The van der Waals surface area contributed by atoms with Gasteiger partial charge in [0, 0.05) is 6.07 Å². The van der Waals surface area contributed by atoms with Crippen LogP contribution in [0.1, 0.15) is 27.0 Å². The molecule has 0 bridgehead atoms. The van der Waals surface area contributed by atoms with Gasteiger partial charge >= 0.3 is 5.97 Å². The number of hydrogen-bond acceptors (Lipinski definition) is 5. The van der Waals surface area contributed by atoms with Crippen LogP contribution >= 0.6 is 0 Å². The van der Waals surface area contributed by atoms with Gasteiger partial charge in [-0.25, -0.2) is 4.79 Å². The fourth-order valence-electron chi connectivity index (χ4n) is 4.24. The second-order valence-electron chi connectivity index (χ2n) is 8.36. The first kappa shape index (κ1) is 21.5. The maximum absolute atomic E-state index is 13.0. The summed E-state index contributed by atoms with van der Waals surface area (Å²) in [5.74, 6) is 0.467. The van der Waals surface area contributed by atoms with Gasteiger partial charge in [0.05, 0.1) is 10.9 Å². The van der Waals surface area contributed by atoms with E-state index in [1.165, 1.54) is 12.3 Å². The zero-order chi connectivity index (χ0) is 23.8. The number of aryl methyl sites for hydroxylation is 3. The molecular formula is C29H22O5. The molecular weight excluding hydrogens is 428 g/mol. The Kier molecular flexibility index (Phi) is 5.38. The van der Waals surface area contributed by atoms with Gasteiger partial charge in [0.2, 0.25) is 11.2 Å². The topological polar surface area (TPSA) is 65.7 Å². The Bertz CT molecular complexity index is 1600. The lowest BCUT2D eigenvalue weighted by molar-refractivity contribution is 0.0733. The van der Waals surface area contributed by atoms with Crippen molar-refractivity contribution in [2.24, 2.45) is 0 Å². The van der Waals surface area contributed by atoms with Gasteiger partial charge in [0.15, 0.2) is 0 Å². The fourth-order valence-corrected chi connectivity index (χ4v) is 4.24. The Morgan fingerprint density at radius 3 is 2.26 bits per heavy atom. The maximum Gasteiger partial charge on any atom is 0.344 e. The summed E-state index contributed by atoms with van der Waals surface area (Å²) in [6.45, 7) is 5.75. The predicted molar refractivity (Wildman–Crippen MR) is 132 cm³/mol. The van der Waals surface area contributed by atoms with Gasteiger partial charge in [0.25, 0.3) is 0 Å². The summed E-state index contributed by atoms with van der Waals surface area (Å²) in [5.41, 5.74) is 3.32. The molecule has 0 atom stereocenters. The largest absolute Gasteiger partial charge is 0.460 e. The molecule has 0 spiro atoms. The summed E-state index contributed by atoms with van der Waals surface area (Å²) in [5, 5.41) is 2.43. The lowest BCUT2D eigenvalue weighted by Crippen LogP contribution is -2.12. The Hall–Kier alpha value is -4.38. The van der Waals surface area contributed by atoms with Gasteiger partial charge in [-0.2, -0.15) is 0 Å². The SMILES string of the molecule is Cc1cc(C)c(C(=O)Oc2ccc3c(=O)c(Oc4ccc5ccccc5c4)coc3c2)c(C)c1. The van der Waals surface area contributed by atoms with E-state index in [9.17, 15) is 9.59 Å². The molecule has 5 rings (SSSR count). The Morgan fingerprint density at radius 1 is 0.794 bits per heavy atom. The van der Waals surface area contributed by atoms with Crippen molar-refractivity contribution in [3.63, 3.8) is 0 Å². The molecule has 0 saturated carbocycles. The first-order valence-corrected chi connectivity index (χ1v) is 10.9. The van der Waals surface area contributed by atoms with Crippen LogP contribution in [0.2, 0.25) is 0 Å². The minimum atomic E-state index is -0.451. The van der Waals surface area contributed by atoms with Crippen molar-refractivity contribution in [3.05, 3.63) is 112 Å².